The first kappa shape index (κ1) is 18.2. The first-order valence-electron chi connectivity index (χ1n) is 8.03. The molecule has 0 aliphatic carbocycles. The molecule has 0 fully saturated rings. The summed E-state index contributed by atoms with van der Waals surface area (Å²) in [4.78, 5) is 26.3. The van der Waals surface area contributed by atoms with E-state index >= 15 is 0 Å². The van der Waals surface area contributed by atoms with Crippen LogP contribution in [0.25, 0.3) is 0 Å². The fraction of sp³-hybridized carbons (Fsp3) is 0.250. The number of hydrogen-bond donors (Lipinski definition) is 1. The van der Waals surface area contributed by atoms with E-state index in [1.165, 1.54) is 27.8 Å². The number of aryl methyl sites for hydroxylation is 1. The highest BCUT2D eigenvalue weighted by molar-refractivity contribution is 5.88. The Morgan fingerprint density at radius 2 is 2.07 bits per heavy atom. The van der Waals surface area contributed by atoms with E-state index in [1.54, 1.807) is 19.1 Å². The zero-order valence-corrected chi connectivity index (χ0v) is 14.4. The molecule has 10 nitrogen and oxygen atoms in total. The first-order chi connectivity index (χ1) is 12.9. The fourth-order valence-corrected chi connectivity index (χ4v) is 2.44. The molecule has 140 valence electrons. The number of rotatable bonds is 7. The summed E-state index contributed by atoms with van der Waals surface area (Å²) in [6.07, 6.45) is 2.68. The zero-order valence-electron chi connectivity index (χ0n) is 14.4. The molecule has 11 heteroatoms. The van der Waals surface area contributed by atoms with Gasteiger partial charge in [-0.05, 0) is 24.6 Å². The van der Waals surface area contributed by atoms with Gasteiger partial charge in [-0.15, -0.1) is 5.10 Å². The molecular formula is C16H16FN7O3. The lowest BCUT2D eigenvalue weighted by atomic mass is 10.2. The molecule has 0 aliphatic rings. The number of amides is 1. The zero-order chi connectivity index (χ0) is 19.4. The summed E-state index contributed by atoms with van der Waals surface area (Å²) in [6.45, 7) is 2.16. The minimum Gasteiger partial charge on any atom is -0.293 e. The van der Waals surface area contributed by atoms with Crippen molar-refractivity contribution in [2.45, 2.75) is 26.4 Å². The molecule has 2 aromatic heterocycles. The van der Waals surface area contributed by atoms with Crippen molar-refractivity contribution in [1.29, 1.82) is 0 Å². The van der Waals surface area contributed by atoms with Crippen LogP contribution in [0, 0.1) is 22.9 Å². The average molecular weight is 373 g/mol. The van der Waals surface area contributed by atoms with Gasteiger partial charge in [0, 0.05) is 6.42 Å². The van der Waals surface area contributed by atoms with E-state index < -0.39 is 4.92 Å². The molecule has 3 aromatic rings. The Kier molecular flexibility index (Phi) is 5.20. The average Bonchev–Trinajstić information content (AvgIpc) is 3.21. The number of carbonyl (C=O) groups excluding carboxylic acids is 1. The molecule has 0 bridgehead atoms. The van der Waals surface area contributed by atoms with Crippen LogP contribution in [0.4, 0.5) is 16.0 Å². The third-order valence-corrected chi connectivity index (χ3v) is 3.87. The van der Waals surface area contributed by atoms with Gasteiger partial charge in [-0.1, -0.05) is 12.1 Å². The lowest BCUT2D eigenvalue weighted by Gasteiger charge is -2.04. The van der Waals surface area contributed by atoms with Crippen LogP contribution in [0.3, 0.4) is 0 Å². The molecule has 0 atom stereocenters. The van der Waals surface area contributed by atoms with Crippen LogP contribution >= 0.6 is 0 Å². The summed E-state index contributed by atoms with van der Waals surface area (Å²) >= 11 is 0. The van der Waals surface area contributed by atoms with Crippen LogP contribution in [0.5, 0.6) is 0 Å². The van der Waals surface area contributed by atoms with Crippen molar-refractivity contribution in [3.63, 3.8) is 0 Å². The van der Waals surface area contributed by atoms with Crippen LogP contribution < -0.4 is 5.32 Å². The van der Waals surface area contributed by atoms with E-state index in [-0.39, 0.29) is 36.3 Å². The maximum Gasteiger partial charge on any atom is 0.309 e. The van der Waals surface area contributed by atoms with Crippen LogP contribution in [0.1, 0.15) is 17.7 Å². The first-order valence-corrected chi connectivity index (χ1v) is 8.03. The molecule has 3 rings (SSSR count). The van der Waals surface area contributed by atoms with Crippen molar-refractivity contribution in [3.05, 3.63) is 64.0 Å². The summed E-state index contributed by atoms with van der Waals surface area (Å²) in [5.74, 6) is -0.514. The molecule has 0 aliphatic heterocycles. The minimum atomic E-state index is -0.517. The largest absolute Gasteiger partial charge is 0.309 e. The van der Waals surface area contributed by atoms with Crippen LogP contribution in [0.15, 0.2) is 36.8 Å². The second kappa shape index (κ2) is 7.72. The molecule has 0 saturated carbocycles. The second-order valence-corrected chi connectivity index (χ2v) is 5.79. The Hall–Kier alpha value is -3.63. The van der Waals surface area contributed by atoms with Gasteiger partial charge in [0.2, 0.25) is 11.9 Å². The molecule has 1 amide bonds. The lowest BCUT2D eigenvalue weighted by Crippen LogP contribution is -2.16. The number of carbonyl (C=O) groups is 1. The predicted octanol–water partition coefficient (Wildman–Crippen LogP) is 1.91. The third kappa shape index (κ3) is 4.51. The molecule has 0 spiro atoms. The maximum atomic E-state index is 12.9. The van der Waals surface area contributed by atoms with Crippen molar-refractivity contribution in [2.24, 2.45) is 0 Å². The van der Waals surface area contributed by atoms with Crippen LogP contribution in [-0.2, 0) is 17.9 Å². The van der Waals surface area contributed by atoms with Gasteiger partial charge in [-0.25, -0.2) is 14.1 Å². The number of aromatic nitrogens is 5. The quantitative estimate of drug-likeness (QED) is 0.499. The highest BCUT2D eigenvalue weighted by atomic mass is 19.1. The molecule has 0 saturated heterocycles. The Labute approximate surface area is 152 Å². The molecule has 0 unspecified atom stereocenters. The normalized spacial score (nSPS) is 10.7. The van der Waals surface area contributed by atoms with E-state index in [1.807, 2.05) is 0 Å². The van der Waals surface area contributed by atoms with E-state index in [4.69, 9.17) is 0 Å². The Morgan fingerprint density at radius 3 is 2.74 bits per heavy atom. The van der Waals surface area contributed by atoms with Crippen molar-refractivity contribution in [2.75, 3.05) is 5.32 Å². The smallest absolute Gasteiger partial charge is 0.293 e. The van der Waals surface area contributed by atoms with E-state index in [9.17, 15) is 19.3 Å². The van der Waals surface area contributed by atoms with Gasteiger partial charge in [0.15, 0.2) is 0 Å². The summed E-state index contributed by atoms with van der Waals surface area (Å²) in [6, 6.07) is 5.99. The number of nitro groups is 1. The van der Waals surface area contributed by atoms with Crippen LogP contribution in [0.2, 0.25) is 0 Å². The third-order valence-electron chi connectivity index (χ3n) is 3.87. The van der Waals surface area contributed by atoms with Crippen LogP contribution in [-0.4, -0.2) is 35.4 Å². The number of anilines is 1. The van der Waals surface area contributed by atoms with Crippen molar-refractivity contribution in [3.8, 4) is 0 Å². The van der Waals surface area contributed by atoms with Crippen molar-refractivity contribution in [1.82, 2.24) is 24.5 Å². The van der Waals surface area contributed by atoms with Gasteiger partial charge in [0.05, 0.1) is 18.0 Å². The number of hydrogen-bond acceptors (Lipinski definition) is 6. The molecular weight excluding hydrogens is 357 g/mol. The van der Waals surface area contributed by atoms with Gasteiger partial charge in [-0.2, -0.15) is 5.10 Å². The summed E-state index contributed by atoms with van der Waals surface area (Å²) < 4.78 is 15.8. The number of nitrogens with zero attached hydrogens (tertiary/aromatic N) is 6. The van der Waals surface area contributed by atoms with Crippen molar-refractivity contribution >= 4 is 17.5 Å². The standard InChI is InChI=1S/C16H16FN7O3/c1-11-14(24(26)27)8-19-23(11)7-6-15(25)20-16-18-10-22(21-16)9-12-2-4-13(17)5-3-12/h2-5,8,10H,6-7,9H2,1H3,(H,20,21,25). The Bertz CT molecular complexity index is 965. The number of nitrogens with one attached hydrogen (secondary N) is 1. The van der Waals surface area contributed by atoms with Gasteiger partial charge in [0.25, 0.3) is 0 Å². The molecule has 1 N–H and O–H groups in total. The Morgan fingerprint density at radius 1 is 1.33 bits per heavy atom. The lowest BCUT2D eigenvalue weighted by molar-refractivity contribution is -0.385. The fourth-order valence-electron chi connectivity index (χ4n) is 2.44. The summed E-state index contributed by atoms with van der Waals surface area (Å²) in [5, 5.41) is 21.4. The van der Waals surface area contributed by atoms with E-state index in [0.29, 0.717) is 12.2 Å². The van der Waals surface area contributed by atoms with E-state index in [2.05, 4.69) is 20.5 Å². The van der Waals surface area contributed by atoms with Gasteiger partial charge in [0.1, 0.15) is 24.0 Å². The van der Waals surface area contributed by atoms with Crippen molar-refractivity contribution < 1.29 is 14.1 Å². The monoisotopic (exact) mass is 373 g/mol. The highest BCUT2D eigenvalue weighted by Crippen LogP contribution is 2.16. The minimum absolute atomic E-state index is 0.0617. The molecule has 27 heavy (non-hydrogen) atoms. The van der Waals surface area contributed by atoms with Gasteiger partial charge >= 0.3 is 5.69 Å². The molecule has 2 heterocycles. The second-order valence-electron chi connectivity index (χ2n) is 5.79. The molecule has 1 aromatic carbocycles. The summed E-state index contributed by atoms with van der Waals surface area (Å²) in [5.41, 5.74) is 1.14. The Balaban J connectivity index is 1.53. The number of benzene rings is 1. The SMILES string of the molecule is Cc1c([N+](=O)[O-])cnn1CCC(=O)Nc1ncn(Cc2ccc(F)cc2)n1. The van der Waals surface area contributed by atoms with Gasteiger partial charge in [-0.3, -0.25) is 24.9 Å². The summed E-state index contributed by atoms with van der Waals surface area (Å²) in [7, 11) is 0. The maximum absolute atomic E-state index is 12.9. The highest BCUT2D eigenvalue weighted by Gasteiger charge is 2.17. The van der Waals surface area contributed by atoms with Gasteiger partial charge < -0.3 is 0 Å². The topological polar surface area (TPSA) is 121 Å². The molecule has 0 radical (unpaired) electrons. The number of halogens is 1. The predicted molar refractivity (Wildman–Crippen MR) is 92.4 cm³/mol. The van der Waals surface area contributed by atoms with E-state index in [0.717, 1.165) is 11.8 Å².